The summed E-state index contributed by atoms with van der Waals surface area (Å²) in [6, 6.07) is 0. The lowest BCUT2D eigenvalue weighted by Gasteiger charge is -2.01. The van der Waals surface area contributed by atoms with Crippen LogP contribution in [0.15, 0.2) is 23.8 Å². The van der Waals surface area contributed by atoms with Crippen molar-refractivity contribution >= 4 is 11.9 Å². The zero-order valence-corrected chi connectivity index (χ0v) is 12.5. The average Bonchev–Trinajstić information content (AvgIpc) is 3.20. The van der Waals surface area contributed by atoms with Gasteiger partial charge < -0.3 is 14.6 Å². The number of carboxylic acids is 1. The van der Waals surface area contributed by atoms with E-state index < -0.39 is 5.97 Å². The Labute approximate surface area is 120 Å². The molecule has 0 aromatic heterocycles. The number of hydrogen-bond acceptors (Lipinski definition) is 4. The first-order chi connectivity index (χ1) is 9.38. The third-order valence-electron chi connectivity index (χ3n) is 2.51. The van der Waals surface area contributed by atoms with Crippen LogP contribution in [0.5, 0.6) is 0 Å². The van der Waals surface area contributed by atoms with E-state index in [1.807, 2.05) is 0 Å². The summed E-state index contributed by atoms with van der Waals surface area (Å²) >= 11 is 0. The third-order valence-corrected chi connectivity index (χ3v) is 2.51. The molecule has 0 aromatic carbocycles. The molecule has 1 saturated heterocycles. The summed E-state index contributed by atoms with van der Waals surface area (Å²) in [6.07, 6.45) is 4.69. The predicted molar refractivity (Wildman–Crippen MR) is 76.4 cm³/mol. The van der Waals surface area contributed by atoms with Gasteiger partial charge in [-0.2, -0.15) is 0 Å². The van der Waals surface area contributed by atoms with Crippen LogP contribution in [0, 0.1) is 0 Å². The molecule has 1 N–H and O–H groups in total. The molecule has 1 aliphatic heterocycles. The maximum Gasteiger partial charge on any atom is 0.333 e. The normalized spacial score (nSPS) is 16.8. The van der Waals surface area contributed by atoms with E-state index in [-0.39, 0.29) is 12.1 Å². The minimum Gasteiger partial charge on any atom is -0.478 e. The summed E-state index contributed by atoms with van der Waals surface area (Å²) < 4.78 is 9.71. The maximum atomic E-state index is 10.7. The molecule has 1 unspecified atom stereocenters. The number of ether oxygens (including phenoxy) is 2. The molecule has 20 heavy (non-hydrogen) atoms. The number of aliphatic carboxylic acids is 1. The Hall–Kier alpha value is -1.62. The van der Waals surface area contributed by atoms with E-state index in [1.165, 1.54) is 0 Å². The fraction of sp³-hybridized carbons (Fsp3) is 0.600. The van der Waals surface area contributed by atoms with Crippen LogP contribution in [0.4, 0.5) is 0 Å². The maximum absolute atomic E-state index is 10.7. The Morgan fingerprint density at radius 2 is 2.05 bits per heavy atom. The molecular weight excluding hydrogens is 260 g/mol. The zero-order chi connectivity index (χ0) is 15.5. The molecule has 5 heteroatoms. The van der Waals surface area contributed by atoms with Gasteiger partial charge in [0.15, 0.2) is 0 Å². The van der Waals surface area contributed by atoms with E-state index in [4.69, 9.17) is 14.6 Å². The highest BCUT2D eigenvalue weighted by Crippen LogP contribution is 2.14. The van der Waals surface area contributed by atoms with Gasteiger partial charge in [0.1, 0.15) is 0 Å². The Bertz CT molecular complexity index is 366. The zero-order valence-electron chi connectivity index (χ0n) is 12.5. The molecule has 0 spiro atoms. The molecule has 1 rings (SSSR count). The van der Waals surface area contributed by atoms with E-state index >= 15 is 0 Å². The second-order valence-corrected chi connectivity index (χ2v) is 4.65. The molecule has 0 aromatic rings. The fourth-order valence-corrected chi connectivity index (χ4v) is 1.03. The van der Waals surface area contributed by atoms with Crippen LogP contribution in [0.25, 0.3) is 0 Å². The van der Waals surface area contributed by atoms with Crippen molar-refractivity contribution in [2.24, 2.45) is 0 Å². The van der Waals surface area contributed by atoms with Crippen molar-refractivity contribution in [2.75, 3.05) is 13.2 Å². The van der Waals surface area contributed by atoms with Gasteiger partial charge in [-0.1, -0.05) is 26.0 Å². The number of rotatable bonds is 7. The average molecular weight is 284 g/mol. The smallest absolute Gasteiger partial charge is 0.333 e. The summed E-state index contributed by atoms with van der Waals surface area (Å²) in [6.45, 7) is 10.0. The van der Waals surface area contributed by atoms with Crippen molar-refractivity contribution in [3.8, 4) is 0 Å². The Kier molecular flexibility index (Phi) is 9.38. The number of carboxylic acid groups (broad SMARTS) is 1. The second kappa shape index (κ2) is 10.2. The van der Waals surface area contributed by atoms with Gasteiger partial charge in [0, 0.05) is 11.1 Å². The van der Waals surface area contributed by atoms with E-state index in [0.717, 1.165) is 25.9 Å². The summed E-state index contributed by atoms with van der Waals surface area (Å²) in [5, 5.41) is 8.41. The van der Waals surface area contributed by atoms with Crippen molar-refractivity contribution in [1.29, 1.82) is 0 Å². The van der Waals surface area contributed by atoms with Crippen LogP contribution in [0.1, 0.15) is 40.0 Å². The van der Waals surface area contributed by atoms with Crippen LogP contribution in [-0.4, -0.2) is 36.4 Å². The van der Waals surface area contributed by atoms with Crippen LogP contribution in [0.3, 0.4) is 0 Å². The molecule has 1 aliphatic rings. The van der Waals surface area contributed by atoms with Gasteiger partial charge in [-0.25, -0.2) is 9.59 Å². The van der Waals surface area contributed by atoms with Gasteiger partial charge in [-0.15, -0.1) is 0 Å². The van der Waals surface area contributed by atoms with E-state index in [0.29, 0.717) is 17.8 Å². The Morgan fingerprint density at radius 3 is 2.45 bits per heavy atom. The summed E-state index contributed by atoms with van der Waals surface area (Å²) in [4.78, 5) is 20.9. The largest absolute Gasteiger partial charge is 0.478 e. The molecule has 1 atom stereocenters. The highest BCUT2D eigenvalue weighted by molar-refractivity contribution is 5.86. The lowest BCUT2D eigenvalue weighted by molar-refractivity contribution is -0.139. The number of hydrogen-bond donors (Lipinski definition) is 1. The van der Waals surface area contributed by atoms with Crippen LogP contribution < -0.4 is 0 Å². The SMILES string of the molecule is C=C(C)C(=O)OCCCC.CC(=CCC1CO1)C(=O)O. The van der Waals surface area contributed by atoms with Crippen molar-refractivity contribution in [2.45, 2.75) is 46.1 Å². The molecule has 0 aliphatic carbocycles. The third kappa shape index (κ3) is 10.3. The predicted octanol–water partition coefficient (Wildman–Crippen LogP) is 2.71. The quantitative estimate of drug-likeness (QED) is 0.337. The first-order valence-corrected chi connectivity index (χ1v) is 6.72. The lowest BCUT2D eigenvalue weighted by atomic mass is 10.2. The molecule has 0 saturated carbocycles. The summed E-state index contributed by atoms with van der Waals surface area (Å²) in [5.41, 5.74) is 0.867. The number of carbonyl (C=O) groups is 2. The van der Waals surface area contributed by atoms with Crippen LogP contribution >= 0.6 is 0 Å². The number of esters is 1. The number of carbonyl (C=O) groups excluding carboxylic acids is 1. The van der Waals surface area contributed by atoms with Crippen molar-refractivity contribution < 1.29 is 24.2 Å². The van der Waals surface area contributed by atoms with Crippen molar-refractivity contribution in [1.82, 2.24) is 0 Å². The standard InChI is InChI=1S/C8H14O2.C7H10O3/c1-4-5-6-10-8(9)7(2)3;1-5(7(8)9)2-3-6-4-10-6/h2,4-6H2,1,3H3;2,6H,3-4H2,1H3,(H,8,9). The number of epoxide rings is 1. The molecule has 114 valence electrons. The number of unbranched alkanes of at least 4 members (excludes halogenated alkanes) is 1. The van der Waals surface area contributed by atoms with Crippen molar-refractivity contribution in [3.63, 3.8) is 0 Å². The van der Waals surface area contributed by atoms with E-state index in [2.05, 4.69) is 13.5 Å². The molecule has 5 nitrogen and oxygen atoms in total. The highest BCUT2D eigenvalue weighted by atomic mass is 16.6. The van der Waals surface area contributed by atoms with Gasteiger partial charge in [0.05, 0.1) is 19.3 Å². The minimum absolute atomic E-state index is 0.284. The van der Waals surface area contributed by atoms with Gasteiger partial charge in [-0.3, -0.25) is 0 Å². The monoisotopic (exact) mass is 284 g/mol. The van der Waals surface area contributed by atoms with Gasteiger partial charge in [-0.05, 0) is 26.7 Å². The van der Waals surface area contributed by atoms with Gasteiger partial charge in [0.25, 0.3) is 0 Å². The first kappa shape index (κ1) is 18.4. The topological polar surface area (TPSA) is 76.1 Å². The summed E-state index contributed by atoms with van der Waals surface area (Å²) in [5.74, 6) is -1.13. The van der Waals surface area contributed by atoms with Crippen molar-refractivity contribution in [3.05, 3.63) is 23.8 Å². The van der Waals surface area contributed by atoms with Crippen LogP contribution in [-0.2, 0) is 19.1 Å². The molecule has 0 amide bonds. The Morgan fingerprint density at radius 1 is 1.45 bits per heavy atom. The first-order valence-electron chi connectivity index (χ1n) is 6.72. The van der Waals surface area contributed by atoms with Gasteiger partial charge >= 0.3 is 11.9 Å². The molecule has 1 heterocycles. The van der Waals surface area contributed by atoms with Gasteiger partial charge in [0.2, 0.25) is 0 Å². The minimum atomic E-state index is -0.847. The fourth-order valence-electron chi connectivity index (χ4n) is 1.03. The second-order valence-electron chi connectivity index (χ2n) is 4.65. The highest BCUT2D eigenvalue weighted by Gasteiger charge is 2.20. The van der Waals surface area contributed by atoms with Crippen LogP contribution in [0.2, 0.25) is 0 Å². The Balaban J connectivity index is 0.000000361. The lowest BCUT2D eigenvalue weighted by Crippen LogP contribution is -2.05. The van der Waals surface area contributed by atoms with E-state index in [1.54, 1.807) is 19.9 Å². The molecule has 1 fully saturated rings. The molecule has 0 bridgehead atoms. The van der Waals surface area contributed by atoms with E-state index in [9.17, 15) is 9.59 Å². The summed E-state index contributed by atoms with van der Waals surface area (Å²) in [7, 11) is 0. The molecular formula is C15H24O5. The molecule has 0 radical (unpaired) electrons.